The zero-order valence-corrected chi connectivity index (χ0v) is 11.8. The van der Waals surface area contributed by atoms with Gasteiger partial charge in [0.1, 0.15) is 12.1 Å². The summed E-state index contributed by atoms with van der Waals surface area (Å²) in [7, 11) is 0. The minimum atomic E-state index is -1.26. The molecule has 21 heavy (non-hydrogen) atoms. The molecule has 0 atom stereocenters. The number of urea groups is 1. The van der Waals surface area contributed by atoms with Gasteiger partial charge in [-0.15, -0.1) is 0 Å². The molecule has 1 aliphatic heterocycles. The van der Waals surface area contributed by atoms with Gasteiger partial charge in [0.05, 0.1) is 0 Å². The molecule has 5 amide bonds. The van der Waals surface area contributed by atoms with Crippen LogP contribution in [0.5, 0.6) is 0 Å². The van der Waals surface area contributed by atoms with E-state index in [1.54, 1.807) is 0 Å². The lowest BCUT2D eigenvalue weighted by Crippen LogP contribution is -2.67. The van der Waals surface area contributed by atoms with Crippen molar-refractivity contribution in [2.45, 2.75) is 38.6 Å². The minimum Gasteiger partial charge on any atom is -0.481 e. The maximum atomic E-state index is 12.0. The Morgan fingerprint density at radius 2 is 1.90 bits per heavy atom. The molecule has 1 saturated heterocycles. The molecule has 9 nitrogen and oxygen atoms in total. The molecule has 1 rings (SSSR count). The van der Waals surface area contributed by atoms with E-state index in [1.807, 2.05) is 5.32 Å². The molecule has 3 N–H and O–H groups in total. The molecular formula is C12H17N3O6. The number of carbonyl (C=O) groups is 5. The van der Waals surface area contributed by atoms with Gasteiger partial charge >= 0.3 is 12.0 Å². The number of carboxylic acids is 1. The molecule has 9 heteroatoms. The normalized spacial score (nSPS) is 17.1. The third-order valence-electron chi connectivity index (χ3n) is 3.07. The van der Waals surface area contributed by atoms with Gasteiger partial charge in [0.15, 0.2) is 0 Å². The van der Waals surface area contributed by atoms with Crippen LogP contribution in [0, 0.1) is 0 Å². The summed E-state index contributed by atoms with van der Waals surface area (Å²) >= 11 is 0. The number of amides is 5. The molecule has 0 saturated carbocycles. The number of rotatable bonds is 4. The summed E-state index contributed by atoms with van der Waals surface area (Å²) in [5, 5.41) is 12.6. The van der Waals surface area contributed by atoms with Crippen LogP contribution in [0.4, 0.5) is 4.79 Å². The molecule has 0 radical (unpaired) electrons. The van der Waals surface area contributed by atoms with Gasteiger partial charge in [0.25, 0.3) is 5.91 Å². The van der Waals surface area contributed by atoms with Gasteiger partial charge in [-0.2, -0.15) is 0 Å². The van der Waals surface area contributed by atoms with Crippen molar-refractivity contribution in [2.75, 3.05) is 6.54 Å². The third kappa shape index (κ3) is 4.26. The fourth-order valence-corrected chi connectivity index (χ4v) is 1.76. The number of nitrogens with one attached hydrogen (secondary N) is 2. The van der Waals surface area contributed by atoms with E-state index in [0.29, 0.717) is 0 Å². The van der Waals surface area contributed by atoms with Crippen molar-refractivity contribution < 1.29 is 29.1 Å². The average molecular weight is 299 g/mol. The molecule has 0 bridgehead atoms. The van der Waals surface area contributed by atoms with Gasteiger partial charge < -0.3 is 10.0 Å². The standard InChI is InChI=1S/C12H17N3O6/c1-12(2)10(20)13-8(17)6-15(12)11(21)14-7(16)4-3-5-9(18)19/h3-6H2,1-2H3,(H,18,19)(H,13,17,20)(H,14,16,21). The maximum Gasteiger partial charge on any atom is 0.325 e. The molecule has 0 spiro atoms. The van der Waals surface area contributed by atoms with Crippen LogP contribution in [0.2, 0.25) is 0 Å². The van der Waals surface area contributed by atoms with Crippen molar-refractivity contribution in [3.8, 4) is 0 Å². The molecule has 116 valence electrons. The minimum absolute atomic E-state index is 0.0945. The number of imide groups is 2. The smallest absolute Gasteiger partial charge is 0.325 e. The third-order valence-corrected chi connectivity index (χ3v) is 3.07. The lowest BCUT2D eigenvalue weighted by atomic mass is 9.99. The van der Waals surface area contributed by atoms with Crippen LogP contribution in [-0.4, -0.2) is 51.8 Å². The highest BCUT2D eigenvalue weighted by Crippen LogP contribution is 2.18. The van der Waals surface area contributed by atoms with Crippen LogP contribution in [0.25, 0.3) is 0 Å². The number of carboxylic acid groups (broad SMARTS) is 1. The Hall–Kier alpha value is -2.45. The number of piperazine rings is 1. The number of nitrogens with zero attached hydrogens (tertiary/aromatic N) is 1. The van der Waals surface area contributed by atoms with E-state index in [4.69, 9.17) is 5.11 Å². The molecule has 1 fully saturated rings. The Labute approximate surface area is 120 Å². The Morgan fingerprint density at radius 3 is 2.48 bits per heavy atom. The molecule has 1 aliphatic rings. The second-order valence-corrected chi connectivity index (χ2v) is 5.12. The summed E-state index contributed by atoms with van der Waals surface area (Å²) in [6, 6.07) is -0.858. The van der Waals surface area contributed by atoms with Crippen LogP contribution in [0.15, 0.2) is 0 Å². The van der Waals surface area contributed by atoms with E-state index in [0.717, 1.165) is 4.90 Å². The highest BCUT2D eigenvalue weighted by atomic mass is 16.4. The fraction of sp³-hybridized carbons (Fsp3) is 0.583. The highest BCUT2D eigenvalue weighted by molar-refractivity contribution is 6.07. The zero-order valence-electron chi connectivity index (χ0n) is 11.8. The first-order valence-electron chi connectivity index (χ1n) is 6.32. The zero-order chi connectivity index (χ0) is 16.2. The van der Waals surface area contributed by atoms with Crippen LogP contribution in [-0.2, 0) is 19.2 Å². The van der Waals surface area contributed by atoms with Crippen molar-refractivity contribution in [1.29, 1.82) is 0 Å². The van der Waals surface area contributed by atoms with E-state index in [1.165, 1.54) is 13.8 Å². The Bertz CT molecular complexity index is 499. The van der Waals surface area contributed by atoms with Crippen LogP contribution < -0.4 is 10.6 Å². The molecule has 0 aromatic heterocycles. The molecule has 0 aliphatic carbocycles. The Balaban J connectivity index is 2.61. The fourth-order valence-electron chi connectivity index (χ4n) is 1.76. The molecule has 1 heterocycles. The summed E-state index contributed by atoms with van der Waals surface area (Å²) in [5.74, 6) is -2.95. The first kappa shape index (κ1) is 16.6. The van der Waals surface area contributed by atoms with Gasteiger partial charge in [-0.25, -0.2) is 4.79 Å². The van der Waals surface area contributed by atoms with E-state index < -0.39 is 35.3 Å². The van der Waals surface area contributed by atoms with Crippen molar-refractivity contribution in [2.24, 2.45) is 0 Å². The first-order valence-corrected chi connectivity index (χ1v) is 6.32. The van der Waals surface area contributed by atoms with Crippen molar-refractivity contribution in [3.63, 3.8) is 0 Å². The Kier molecular flexibility index (Phi) is 5.01. The lowest BCUT2D eigenvalue weighted by molar-refractivity contribution is -0.143. The monoisotopic (exact) mass is 299 g/mol. The number of aliphatic carboxylic acids is 1. The number of hydrogen-bond acceptors (Lipinski definition) is 5. The Morgan fingerprint density at radius 1 is 1.29 bits per heavy atom. The summed E-state index contributed by atoms with van der Waals surface area (Å²) in [6.45, 7) is 2.56. The first-order chi connectivity index (χ1) is 9.64. The molecule has 0 aromatic carbocycles. The SMILES string of the molecule is CC1(C)C(=O)NC(=O)CN1C(=O)NC(=O)CCCC(=O)O. The van der Waals surface area contributed by atoms with Gasteiger partial charge in [-0.3, -0.25) is 29.8 Å². The number of hydrogen-bond donors (Lipinski definition) is 3. The van der Waals surface area contributed by atoms with Gasteiger partial charge in [0, 0.05) is 12.8 Å². The van der Waals surface area contributed by atoms with Crippen molar-refractivity contribution in [1.82, 2.24) is 15.5 Å². The van der Waals surface area contributed by atoms with Crippen LogP contribution in [0.1, 0.15) is 33.1 Å². The maximum absolute atomic E-state index is 12.0. The van der Waals surface area contributed by atoms with Gasteiger partial charge in [0.2, 0.25) is 11.8 Å². The summed E-state index contributed by atoms with van der Waals surface area (Å²) in [5.41, 5.74) is -1.26. The summed E-state index contributed by atoms with van der Waals surface area (Å²) in [4.78, 5) is 57.7. The lowest BCUT2D eigenvalue weighted by Gasteiger charge is -2.39. The predicted molar refractivity (Wildman–Crippen MR) is 69.0 cm³/mol. The number of carbonyl (C=O) groups excluding carboxylic acids is 4. The van der Waals surface area contributed by atoms with E-state index in [-0.39, 0.29) is 25.8 Å². The summed E-state index contributed by atoms with van der Waals surface area (Å²) in [6.07, 6.45) is -0.221. The molecular weight excluding hydrogens is 282 g/mol. The van der Waals surface area contributed by atoms with Crippen molar-refractivity contribution >= 4 is 29.7 Å². The molecule has 0 unspecified atom stereocenters. The predicted octanol–water partition coefficient (Wildman–Crippen LogP) is -0.785. The van der Waals surface area contributed by atoms with E-state index in [9.17, 15) is 24.0 Å². The van der Waals surface area contributed by atoms with Crippen molar-refractivity contribution in [3.05, 3.63) is 0 Å². The van der Waals surface area contributed by atoms with Gasteiger partial charge in [-0.05, 0) is 20.3 Å². The van der Waals surface area contributed by atoms with Crippen LogP contribution >= 0.6 is 0 Å². The topological polar surface area (TPSA) is 133 Å². The summed E-state index contributed by atoms with van der Waals surface area (Å²) < 4.78 is 0. The largest absolute Gasteiger partial charge is 0.481 e. The van der Waals surface area contributed by atoms with Crippen LogP contribution in [0.3, 0.4) is 0 Å². The quantitative estimate of drug-likeness (QED) is 0.583. The van der Waals surface area contributed by atoms with E-state index in [2.05, 4.69) is 5.32 Å². The average Bonchev–Trinajstić information content (AvgIpc) is 2.33. The van der Waals surface area contributed by atoms with Gasteiger partial charge in [-0.1, -0.05) is 0 Å². The molecule has 0 aromatic rings. The second-order valence-electron chi connectivity index (χ2n) is 5.12. The van der Waals surface area contributed by atoms with E-state index >= 15 is 0 Å². The second kappa shape index (κ2) is 6.33. The highest BCUT2D eigenvalue weighted by Gasteiger charge is 2.43.